The molecule has 112 valence electrons. The molecule has 0 radical (unpaired) electrons. The van der Waals surface area contributed by atoms with Gasteiger partial charge in [-0.05, 0) is 30.3 Å². The first-order valence-corrected chi connectivity index (χ1v) is 7.64. The number of rotatable bonds is 4. The van der Waals surface area contributed by atoms with Crippen molar-refractivity contribution in [1.82, 2.24) is 0 Å². The molecule has 0 aliphatic carbocycles. The summed E-state index contributed by atoms with van der Waals surface area (Å²) >= 11 is 0. The zero-order valence-electron chi connectivity index (χ0n) is 11.7. The van der Waals surface area contributed by atoms with Crippen LogP contribution in [0.1, 0.15) is 0 Å². The minimum absolute atomic E-state index is 0.280. The van der Waals surface area contributed by atoms with Crippen molar-refractivity contribution in [3.8, 4) is 0 Å². The van der Waals surface area contributed by atoms with Gasteiger partial charge in [0.2, 0.25) is 0 Å². The van der Waals surface area contributed by atoms with Gasteiger partial charge in [0.1, 0.15) is 10.7 Å². The van der Waals surface area contributed by atoms with Gasteiger partial charge in [0, 0.05) is 19.8 Å². The van der Waals surface area contributed by atoms with Crippen molar-refractivity contribution in [1.29, 1.82) is 0 Å². The molecule has 0 saturated carbocycles. The molecule has 0 unspecified atom stereocenters. The number of nitrogens with zero attached hydrogens (tertiary/aromatic N) is 1. The van der Waals surface area contributed by atoms with E-state index in [1.807, 2.05) is 25.1 Å². The molecule has 5 nitrogen and oxygen atoms in total. The predicted octanol–water partition coefficient (Wildman–Crippen LogP) is 2.27. The molecular weight excluding hydrogens is 293 g/mol. The van der Waals surface area contributed by atoms with Crippen molar-refractivity contribution in [3.05, 3.63) is 48.3 Å². The molecule has 0 atom stereocenters. The standard InChI is InChI=1S/C14H16FN3O2S/c1-18(2)11-6-3-5-10(9-11)17-21(19,20)13-8-4-7-12(15)14(13)16/h3-9,17H,16H2,1-2H3. The lowest BCUT2D eigenvalue weighted by molar-refractivity contribution is 0.597. The van der Waals surface area contributed by atoms with Crippen molar-refractivity contribution in [3.63, 3.8) is 0 Å². The van der Waals surface area contributed by atoms with Crippen molar-refractivity contribution in [2.75, 3.05) is 29.5 Å². The van der Waals surface area contributed by atoms with E-state index in [-0.39, 0.29) is 4.90 Å². The van der Waals surface area contributed by atoms with E-state index in [9.17, 15) is 12.8 Å². The first kappa shape index (κ1) is 15.1. The third-order valence-electron chi connectivity index (χ3n) is 2.92. The molecule has 7 heteroatoms. The number of nitrogen functional groups attached to an aromatic ring is 1. The Labute approximate surface area is 123 Å². The molecule has 0 amide bonds. The normalized spacial score (nSPS) is 11.2. The summed E-state index contributed by atoms with van der Waals surface area (Å²) in [6, 6.07) is 10.5. The number of nitrogens with two attached hydrogens (primary N) is 1. The Morgan fingerprint density at radius 3 is 2.48 bits per heavy atom. The Balaban J connectivity index is 2.38. The molecule has 2 rings (SSSR count). The molecule has 0 heterocycles. The highest BCUT2D eigenvalue weighted by Gasteiger charge is 2.19. The second-order valence-corrected chi connectivity index (χ2v) is 6.35. The summed E-state index contributed by atoms with van der Waals surface area (Å²) in [7, 11) is -0.252. The van der Waals surface area contributed by atoms with Crippen LogP contribution in [0.3, 0.4) is 0 Å². The maximum atomic E-state index is 13.4. The number of hydrogen-bond acceptors (Lipinski definition) is 4. The average molecular weight is 309 g/mol. The predicted molar refractivity (Wildman–Crippen MR) is 82.4 cm³/mol. The van der Waals surface area contributed by atoms with Gasteiger partial charge < -0.3 is 10.6 Å². The maximum Gasteiger partial charge on any atom is 0.264 e. The molecule has 21 heavy (non-hydrogen) atoms. The van der Waals surface area contributed by atoms with Gasteiger partial charge in [0.05, 0.1) is 11.4 Å². The third-order valence-corrected chi connectivity index (χ3v) is 4.36. The highest BCUT2D eigenvalue weighted by atomic mass is 32.2. The molecule has 0 fully saturated rings. The van der Waals surface area contributed by atoms with Crippen LogP contribution in [0.5, 0.6) is 0 Å². The first-order chi connectivity index (χ1) is 9.81. The van der Waals surface area contributed by atoms with Crippen LogP contribution < -0.4 is 15.4 Å². The molecule has 2 aromatic rings. The Kier molecular flexibility index (Phi) is 4.04. The quantitative estimate of drug-likeness (QED) is 0.850. The zero-order chi connectivity index (χ0) is 15.6. The lowest BCUT2D eigenvalue weighted by atomic mass is 10.3. The summed E-state index contributed by atoms with van der Waals surface area (Å²) in [4.78, 5) is 1.56. The SMILES string of the molecule is CN(C)c1cccc(NS(=O)(=O)c2cccc(F)c2N)c1. The van der Waals surface area contributed by atoms with E-state index in [1.165, 1.54) is 12.1 Å². The molecule has 0 bridgehead atoms. The van der Waals surface area contributed by atoms with Gasteiger partial charge in [-0.2, -0.15) is 0 Å². The number of hydrogen-bond donors (Lipinski definition) is 2. The van der Waals surface area contributed by atoms with Crippen molar-refractivity contribution in [2.24, 2.45) is 0 Å². The van der Waals surface area contributed by atoms with E-state index in [2.05, 4.69) is 4.72 Å². The molecule has 0 aliphatic heterocycles. The van der Waals surface area contributed by atoms with Crippen LogP contribution in [-0.4, -0.2) is 22.5 Å². The molecular formula is C14H16FN3O2S. The third kappa shape index (κ3) is 3.25. The second kappa shape index (κ2) is 5.61. The fraction of sp³-hybridized carbons (Fsp3) is 0.143. The number of para-hydroxylation sites is 1. The smallest absolute Gasteiger partial charge is 0.264 e. The van der Waals surface area contributed by atoms with E-state index in [4.69, 9.17) is 5.73 Å². The Bertz CT molecular complexity index is 761. The van der Waals surface area contributed by atoms with E-state index < -0.39 is 21.5 Å². The van der Waals surface area contributed by atoms with Gasteiger partial charge in [0.15, 0.2) is 0 Å². The highest BCUT2D eigenvalue weighted by Crippen LogP contribution is 2.25. The lowest BCUT2D eigenvalue weighted by Gasteiger charge is -2.15. The van der Waals surface area contributed by atoms with Gasteiger partial charge in [-0.3, -0.25) is 4.72 Å². The molecule has 3 N–H and O–H groups in total. The largest absolute Gasteiger partial charge is 0.395 e. The van der Waals surface area contributed by atoms with Gasteiger partial charge in [-0.15, -0.1) is 0 Å². The van der Waals surface area contributed by atoms with Crippen LogP contribution in [0.25, 0.3) is 0 Å². The van der Waals surface area contributed by atoms with Crippen molar-refractivity contribution in [2.45, 2.75) is 4.90 Å². The van der Waals surface area contributed by atoms with Crippen LogP contribution >= 0.6 is 0 Å². The highest BCUT2D eigenvalue weighted by molar-refractivity contribution is 7.92. The summed E-state index contributed by atoms with van der Waals surface area (Å²) in [5, 5.41) is 0. The van der Waals surface area contributed by atoms with Gasteiger partial charge in [-0.1, -0.05) is 12.1 Å². The lowest BCUT2D eigenvalue weighted by Crippen LogP contribution is -2.16. The summed E-state index contributed by atoms with van der Waals surface area (Å²) in [5.74, 6) is -0.764. The van der Waals surface area contributed by atoms with Crippen molar-refractivity contribution >= 4 is 27.1 Å². The molecule has 0 saturated heterocycles. The minimum atomic E-state index is -3.94. The summed E-state index contributed by atoms with van der Waals surface area (Å²) < 4.78 is 40.4. The van der Waals surface area contributed by atoms with E-state index in [1.54, 1.807) is 18.2 Å². The minimum Gasteiger partial charge on any atom is -0.395 e. The molecule has 0 aliphatic rings. The fourth-order valence-electron chi connectivity index (χ4n) is 1.81. The summed E-state index contributed by atoms with van der Waals surface area (Å²) in [6.45, 7) is 0. The van der Waals surface area contributed by atoms with E-state index in [0.29, 0.717) is 5.69 Å². The van der Waals surface area contributed by atoms with Gasteiger partial charge >= 0.3 is 0 Å². The Morgan fingerprint density at radius 1 is 1.14 bits per heavy atom. The molecule has 0 spiro atoms. The zero-order valence-corrected chi connectivity index (χ0v) is 12.5. The summed E-state index contributed by atoms with van der Waals surface area (Å²) in [6.07, 6.45) is 0. The maximum absolute atomic E-state index is 13.4. The fourth-order valence-corrected chi connectivity index (χ4v) is 3.00. The summed E-state index contributed by atoms with van der Waals surface area (Å²) in [5.41, 5.74) is 6.32. The molecule has 0 aromatic heterocycles. The van der Waals surface area contributed by atoms with Gasteiger partial charge in [0.25, 0.3) is 10.0 Å². The number of benzene rings is 2. The first-order valence-electron chi connectivity index (χ1n) is 6.15. The number of sulfonamides is 1. The van der Waals surface area contributed by atoms with E-state index >= 15 is 0 Å². The van der Waals surface area contributed by atoms with Crippen LogP contribution in [0, 0.1) is 5.82 Å². The molecule has 2 aromatic carbocycles. The Hall–Kier alpha value is -2.28. The van der Waals surface area contributed by atoms with Crippen LogP contribution in [0.2, 0.25) is 0 Å². The number of nitrogens with one attached hydrogen (secondary N) is 1. The Morgan fingerprint density at radius 2 is 1.81 bits per heavy atom. The van der Waals surface area contributed by atoms with Crippen LogP contribution in [0.4, 0.5) is 21.5 Å². The monoisotopic (exact) mass is 309 g/mol. The van der Waals surface area contributed by atoms with E-state index in [0.717, 1.165) is 11.8 Å². The van der Waals surface area contributed by atoms with Crippen LogP contribution in [-0.2, 0) is 10.0 Å². The number of halogens is 1. The van der Waals surface area contributed by atoms with Gasteiger partial charge in [-0.25, -0.2) is 12.8 Å². The average Bonchev–Trinajstić information content (AvgIpc) is 2.41. The van der Waals surface area contributed by atoms with Crippen molar-refractivity contribution < 1.29 is 12.8 Å². The topological polar surface area (TPSA) is 75.4 Å². The number of anilines is 3. The van der Waals surface area contributed by atoms with Crippen LogP contribution in [0.15, 0.2) is 47.4 Å². The second-order valence-electron chi connectivity index (χ2n) is 4.70.